The van der Waals surface area contributed by atoms with Crippen molar-refractivity contribution < 1.29 is 9.84 Å². The maximum Gasteiger partial charge on any atom is 0.0936 e. The van der Waals surface area contributed by atoms with Crippen LogP contribution in [-0.4, -0.2) is 61.0 Å². The average molecular weight is 256 g/mol. The van der Waals surface area contributed by atoms with Gasteiger partial charge in [-0.15, -0.1) is 0 Å². The highest BCUT2D eigenvalue weighted by Crippen LogP contribution is 2.23. The number of rotatable bonds is 6. The molecule has 1 aliphatic carbocycles. The minimum Gasteiger partial charge on any atom is -0.394 e. The summed E-state index contributed by atoms with van der Waals surface area (Å²) < 4.78 is 5.68. The Labute approximate surface area is 111 Å². The molecule has 2 rings (SSSR count). The normalized spacial score (nSPS) is 30.7. The van der Waals surface area contributed by atoms with Gasteiger partial charge in [-0.05, 0) is 25.2 Å². The smallest absolute Gasteiger partial charge is 0.0936 e. The molecule has 0 amide bonds. The number of aliphatic hydroxyl groups is 1. The van der Waals surface area contributed by atoms with Crippen LogP contribution < -0.4 is 5.32 Å². The molecule has 2 aliphatic rings. The first-order chi connectivity index (χ1) is 8.48. The molecule has 18 heavy (non-hydrogen) atoms. The van der Waals surface area contributed by atoms with Gasteiger partial charge in [0.1, 0.15) is 0 Å². The molecule has 1 heterocycles. The molecule has 106 valence electrons. The third-order valence-corrected chi connectivity index (χ3v) is 3.70. The monoisotopic (exact) mass is 256 g/mol. The van der Waals surface area contributed by atoms with Crippen molar-refractivity contribution in [2.24, 2.45) is 5.41 Å². The molecule has 0 aromatic carbocycles. The molecule has 0 spiro atoms. The third-order valence-electron chi connectivity index (χ3n) is 3.70. The first kappa shape index (κ1) is 14.3. The molecule has 0 radical (unpaired) electrons. The summed E-state index contributed by atoms with van der Waals surface area (Å²) in [5.74, 6) is 0. The summed E-state index contributed by atoms with van der Waals surface area (Å²) in [5.41, 5.74) is 0.277. The van der Waals surface area contributed by atoms with E-state index in [9.17, 15) is 5.11 Å². The number of morpholine rings is 1. The molecule has 4 nitrogen and oxygen atoms in total. The zero-order valence-corrected chi connectivity index (χ0v) is 12.0. The molecule has 1 aliphatic heterocycles. The Morgan fingerprint density at radius 1 is 1.33 bits per heavy atom. The highest BCUT2D eigenvalue weighted by molar-refractivity contribution is 4.86. The number of ether oxygens (including phenoxy) is 1. The second-order valence-electron chi connectivity index (χ2n) is 6.76. The summed E-state index contributed by atoms with van der Waals surface area (Å²) >= 11 is 0. The van der Waals surface area contributed by atoms with Crippen LogP contribution in [0.1, 0.15) is 33.6 Å². The Bertz CT molecular complexity index is 267. The van der Waals surface area contributed by atoms with Crippen LogP contribution in [-0.2, 0) is 4.74 Å². The van der Waals surface area contributed by atoms with E-state index in [1.165, 1.54) is 12.8 Å². The first-order valence-electron chi connectivity index (χ1n) is 7.20. The van der Waals surface area contributed by atoms with E-state index in [4.69, 9.17) is 4.74 Å². The van der Waals surface area contributed by atoms with E-state index in [0.717, 1.165) is 32.2 Å². The SMILES string of the molecule is CC1CN(CC(C)(C)CNC2CC2)CC(CO)O1. The van der Waals surface area contributed by atoms with Crippen LogP contribution in [0.3, 0.4) is 0 Å². The largest absolute Gasteiger partial charge is 0.394 e. The average Bonchev–Trinajstić information content (AvgIpc) is 3.08. The fourth-order valence-corrected chi connectivity index (χ4v) is 2.74. The lowest BCUT2D eigenvalue weighted by Crippen LogP contribution is -2.52. The molecular weight excluding hydrogens is 228 g/mol. The fraction of sp³-hybridized carbons (Fsp3) is 1.00. The molecule has 2 atom stereocenters. The Hall–Kier alpha value is -0.160. The van der Waals surface area contributed by atoms with Crippen LogP contribution in [0.25, 0.3) is 0 Å². The summed E-state index contributed by atoms with van der Waals surface area (Å²) in [4.78, 5) is 2.43. The second kappa shape index (κ2) is 5.87. The zero-order valence-electron chi connectivity index (χ0n) is 12.0. The standard InChI is InChI=1S/C14H28N2O2/c1-11-6-16(7-13(8-17)18-11)10-14(2,3)9-15-12-4-5-12/h11-13,15,17H,4-10H2,1-3H3. The molecule has 0 bridgehead atoms. The van der Waals surface area contributed by atoms with Gasteiger partial charge in [-0.25, -0.2) is 0 Å². The summed E-state index contributed by atoms with van der Waals surface area (Å²) in [6.45, 7) is 10.8. The van der Waals surface area contributed by atoms with Crippen molar-refractivity contribution >= 4 is 0 Å². The van der Waals surface area contributed by atoms with Gasteiger partial charge >= 0.3 is 0 Å². The van der Waals surface area contributed by atoms with Crippen LogP contribution in [0.4, 0.5) is 0 Å². The van der Waals surface area contributed by atoms with E-state index in [0.29, 0.717) is 0 Å². The maximum absolute atomic E-state index is 9.25. The molecule has 0 aromatic heterocycles. The fourth-order valence-electron chi connectivity index (χ4n) is 2.74. The highest BCUT2D eigenvalue weighted by Gasteiger charge is 2.30. The molecular formula is C14H28N2O2. The van der Waals surface area contributed by atoms with Crippen LogP contribution in [0, 0.1) is 5.41 Å². The van der Waals surface area contributed by atoms with Gasteiger partial charge in [0, 0.05) is 32.2 Å². The summed E-state index contributed by atoms with van der Waals surface area (Å²) in [6.07, 6.45) is 2.90. The third kappa shape index (κ3) is 4.50. The summed E-state index contributed by atoms with van der Waals surface area (Å²) in [7, 11) is 0. The van der Waals surface area contributed by atoms with Crippen LogP contribution in [0.15, 0.2) is 0 Å². The number of hydrogen-bond donors (Lipinski definition) is 2. The Kier molecular flexibility index (Phi) is 4.64. The number of hydrogen-bond acceptors (Lipinski definition) is 4. The van der Waals surface area contributed by atoms with Gasteiger partial charge in [0.25, 0.3) is 0 Å². The lowest BCUT2D eigenvalue weighted by molar-refractivity contribution is -0.101. The Balaban J connectivity index is 1.78. The van der Waals surface area contributed by atoms with E-state index in [2.05, 4.69) is 31.0 Å². The molecule has 1 saturated carbocycles. The molecule has 0 aromatic rings. The van der Waals surface area contributed by atoms with Crippen molar-refractivity contribution in [2.45, 2.75) is 51.9 Å². The minimum atomic E-state index is -0.0130. The van der Waals surface area contributed by atoms with Crippen LogP contribution in [0.2, 0.25) is 0 Å². The van der Waals surface area contributed by atoms with Gasteiger partial charge in [0.15, 0.2) is 0 Å². The van der Waals surface area contributed by atoms with Crippen molar-refractivity contribution in [3.63, 3.8) is 0 Å². The van der Waals surface area contributed by atoms with Gasteiger partial charge in [0.2, 0.25) is 0 Å². The lowest BCUT2D eigenvalue weighted by atomic mass is 9.92. The molecule has 4 heteroatoms. The van der Waals surface area contributed by atoms with E-state index in [1.54, 1.807) is 0 Å². The van der Waals surface area contributed by atoms with Gasteiger partial charge in [0.05, 0.1) is 18.8 Å². The second-order valence-corrected chi connectivity index (χ2v) is 6.76. The minimum absolute atomic E-state index is 0.0130. The Morgan fingerprint density at radius 3 is 2.67 bits per heavy atom. The predicted octanol–water partition coefficient (Wildman–Crippen LogP) is 0.846. The summed E-state index contributed by atoms with van der Waals surface area (Å²) in [5, 5.41) is 12.9. The number of aliphatic hydroxyl groups excluding tert-OH is 1. The number of nitrogens with one attached hydrogen (secondary N) is 1. The van der Waals surface area contributed by atoms with Crippen LogP contribution >= 0.6 is 0 Å². The van der Waals surface area contributed by atoms with E-state index >= 15 is 0 Å². The predicted molar refractivity (Wildman–Crippen MR) is 72.7 cm³/mol. The van der Waals surface area contributed by atoms with Crippen molar-refractivity contribution in [2.75, 3.05) is 32.8 Å². The molecule has 1 saturated heterocycles. The number of nitrogens with zero attached hydrogens (tertiary/aromatic N) is 1. The maximum atomic E-state index is 9.25. The molecule has 2 N–H and O–H groups in total. The Morgan fingerprint density at radius 2 is 2.06 bits per heavy atom. The van der Waals surface area contributed by atoms with Crippen molar-refractivity contribution in [3.05, 3.63) is 0 Å². The van der Waals surface area contributed by atoms with Crippen molar-refractivity contribution in [1.82, 2.24) is 10.2 Å². The van der Waals surface area contributed by atoms with E-state index < -0.39 is 0 Å². The lowest BCUT2D eigenvalue weighted by Gasteiger charge is -2.40. The quantitative estimate of drug-likeness (QED) is 0.739. The first-order valence-corrected chi connectivity index (χ1v) is 7.20. The van der Waals surface area contributed by atoms with Gasteiger partial charge in [-0.2, -0.15) is 0 Å². The highest BCUT2D eigenvalue weighted by atomic mass is 16.5. The van der Waals surface area contributed by atoms with Crippen molar-refractivity contribution in [3.8, 4) is 0 Å². The zero-order chi connectivity index (χ0) is 13.2. The topological polar surface area (TPSA) is 44.7 Å². The molecule has 2 fully saturated rings. The van der Waals surface area contributed by atoms with Gasteiger partial charge in [-0.3, -0.25) is 4.90 Å². The van der Waals surface area contributed by atoms with E-state index in [1.807, 2.05) is 0 Å². The van der Waals surface area contributed by atoms with Gasteiger partial charge in [-0.1, -0.05) is 13.8 Å². The molecule has 2 unspecified atom stereocenters. The van der Waals surface area contributed by atoms with Crippen molar-refractivity contribution in [1.29, 1.82) is 0 Å². The van der Waals surface area contributed by atoms with Crippen LogP contribution in [0.5, 0.6) is 0 Å². The van der Waals surface area contributed by atoms with Gasteiger partial charge < -0.3 is 15.2 Å². The summed E-state index contributed by atoms with van der Waals surface area (Å²) in [6, 6.07) is 0.776. The van der Waals surface area contributed by atoms with E-state index in [-0.39, 0.29) is 24.2 Å².